The first-order valence-corrected chi connectivity index (χ1v) is 23.8. The number of aromatic nitrogens is 4. The fraction of sp³-hybridized carbons (Fsp3) is 0.311. The van der Waals surface area contributed by atoms with Crippen molar-refractivity contribution in [3.8, 4) is 11.5 Å². The molecule has 1 aliphatic heterocycles. The summed E-state index contributed by atoms with van der Waals surface area (Å²) in [6, 6.07) is 34.3. The van der Waals surface area contributed by atoms with E-state index in [1.165, 1.54) is 6.33 Å². The first kappa shape index (κ1) is 43.6. The maximum Gasteiger partial charge on any atom is 0.488 e. The second kappa shape index (κ2) is 17.8. The smallest absolute Gasteiger partial charge is 0.488 e. The predicted molar refractivity (Wildman–Crippen MR) is 234 cm³/mol. The van der Waals surface area contributed by atoms with Crippen molar-refractivity contribution in [3.63, 3.8) is 0 Å². The van der Waals surface area contributed by atoms with Crippen LogP contribution in [0.4, 0.5) is 5.95 Å². The van der Waals surface area contributed by atoms with Gasteiger partial charge in [-0.15, -0.1) is 4.52 Å². The summed E-state index contributed by atoms with van der Waals surface area (Å²) in [6.07, 6.45) is -2.56. The second-order valence-corrected chi connectivity index (χ2v) is 21.7. The SMILES string of the molecule is C=C(Nc1nc2c(ncn2[C@@H]2O[C@H](CO[P+](=O)[O-])C(OC(c3ccccc3)(c3ccc(OC)cc3)c3ccc(OC)cc3)[C@@H]2O[Si](C)(C)C(C)(C)C)c(=O)[nH]1)c1ccccc1. The van der Waals surface area contributed by atoms with Gasteiger partial charge < -0.3 is 33.6 Å². The first-order valence-electron chi connectivity index (χ1n) is 19.8. The quantitative estimate of drug-likeness (QED) is 0.0548. The van der Waals surface area contributed by atoms with Gasteiger partial charge in [0.25, 0.3) is 5.56 Å². The van der Waals surface area contributed by atoms with Crippen LogP contribution in [0.15, 0.2) is 127 Å². The lowest BCUT2D eigenvalue weighted by Gasteiger charge is -2.43. The highest BCUT2D eigenvalue weighted by Crippen LogP contribution is 2.49. The van der Waals surface area contributed by atoms with E-state index in [0.29, 0.717) is 17.2 Å². The van der Waals surface area contributed by atoms with Crippen molar-refractivity contribution in [1.29, 1.82) is 0 Å². The molecular formula is C45H50N5O9PSi. The summed E-state index contributed by atoms with van der Waals surface area (Å²) in [4.78, 5) is 37.8. The summed E-state index contributed by atoms with van der Waals surface area (Å²) in [6.45, 7) is 14.3. The average Bonchev–Trinajstić information content (AvgIpc) is 3.82. The molecule has 0 bridgehead atoms. The fourth-order valence-electron chi connectivity index (χ4n) is 7.24. The largest absolute Gasteiger partial charge is 0.566 e. The number of nitrogens with one attached hydrogen (secondary N) is 2. The summed E-state index contributed by atoms with van der Waals surface area (Å²) in [5.41, 5.74) is 1.95. The number of hydrogen-bond acceptors (Lipinski definition) is 12. The van der Waals surface area contributed by atoms with Gasteiger partial charge in [0.05, 0.1) is 20.5 Å². The van der Waals surface area contributed by atoms with Gasteiger partial charge in [-0.05, 0) is 69.2 Å². The zero-order valence-electron chi connectivity index (χ0n) is 35.2. The molecule has 0 saturated carbocycles. The van der Waals surface area contributed by atoms with E-state index in [-0.39, 0.29) is 22.2 Å². The Morgan fingerprint density at radius 3 is 1.98 bits per heavy atom. The van der Waals surface area contributed by atoms with E-state index in [4.69, 9.17) is 32.9 Å². The number of anilines is 1. The minimum Gasteiger partial charge on any atom is -0.566 e. The van der Waals surface area contributed by atoms with Crippen LogP contribution < -0.4 is 25.2 Å². The minimum absolute atomic E-state index is 0.0560. The van der Waals surface area contributed by atoms with Crippen LogP contribution in [-0.4, -0.2) is 67.0 Å². The van der Waals surface area contributed by atoms with Gasteiger partial charge in [-0.2, -0.15) is 4.98 Å². The van der Waals surface area contributed by atoms with Crippen LogP contribution in [-0.2, 0) is 28.6 Å². The van der Waals surface area contributed by atoms with Gasteiger partial charge in [-0.3, -0.25) is 14.3 Å². The Bertz CT molecular complexity index is 2480. The predicted octanol–water partition coefficient (Wildman–Crippen LogP) is 7.92. The van der Waals surface area contributed by atoms with E-state index in [2.05, 4.69) is 55.7 Å². The van der Waals surface area contributed by atoms with Gasteiger partial charge in [0.15, 0.2) is 25.7 Å². The molecule has 1 fully saturated rings. The Balaban J connectivity index is 1.43. The van der Waals surface area contributed by atoms with E-state index < -0.39 is 58.9 Å². The van der Waals surface area contributed by atoms with Gasteiger partial charge in [-0.25, -0.2) is 4.98 Å². The Morgan fingerprint density at radius 2 is 1.44 bits per heavy atom. The Morgan fingerprint density at radius 1 is 0.885 bits per heavy atom. The van der Waals surface area contributed by atoms with E-state index in [0.717, 1.165) is 22.3 Å². The zero-order valence-corrected chi connectivity index (χ0v) is 37.1. The summed E-state index contributed by atoms with van der Waals surface area (Å²) in [5, 5.41) is 2.83. The highest BCUT2D eigenvalue weighted by molar-refractivity contribution is 7.30. The molecule has 0 spiro atoms. The zero-order chi connectivity index (χ0) is 43.5. The van der Waals surface area contributed by atoms with Crippen molar-refractivity contribution in [2.45, 2.75) is 69.0 Å². The van der Waals surface area contributed by atoms with Crippen LogP contribution in [0.2, 0.25) is 18.1 Å². The maximum atomic E-state index is 13.6. The number of benzene rings is 4. The summed E-state index contributed by atoms with van der Waals surface area (Å²) in [5.74, 6) is 1.42. The Kier molecular flexibility index (Phi) is 12.7. The van der Waals surface area contributed by atoms with Crippen LogP contribution >= 0.6 is 8.25 Å². The van der Waals surface area contributed by atoms with Gasteiger partial charge in [0.1, 0.15) is 42.0 Å². The molecule has 6 aromatic rings. The molecule has 1 saturated heterocycles. The van der Waals surface area contributed by atoms with Crippen LogP contribution in [0, 0.1) is 0 Å². The molecule has 0 amide bonds. The van der Waals surface area contributed by atoms with Gasteiger partial charge >= 0.3 is 8.25 Å². The molecule has 4 aromatic carbocycles. The number of hydrogen-bond donors (Lipinski definition) is 2. The van der Waals surface area contributed by atoms with Crippen molar-refractivity contribution in [1.82, 2.24) is 19.5 Å². The number of nitrogens with zero attached hydrogens (tertiary/aromatic N) is 3. The molecule has 2 N–H and O–H groups in total. The van der Waals surface area contributed by atoms with Crippen LogP contribution in [0.3, 0.4) is 0 Å². The molecule has 1 aliphatic rings. The number of imidazole rings is 1. The molecule has 3 heterocycles. The third kappa shape index (κ3) is 8.95. The third-order valence-electron chi connectivity index (χ3n) is 11.5. The maximum absolute atomic E-state index is 13.6. The summed E-state index contributed by atoms with van der Waals surface area (Å²) >= 11 is 0. The monoisotopic (exact) mass is 863 g/mol. The highest BCUT2D eigenvalue weighted by Gasteiger charge is 2.55. The van der Waals surface area contributed by atoms with E-state index >= 15 is 0 Å². The van der Waals surface area contributed by atoms with Crippen molar-refractivity contribution < 1.29 is 37.4 Å². The molecule has 61 heavy (non-hydrogen) atoms. The van der Waals surface area contributed by atoms with Crippen LogP contribution in [0.1, 0.15) is 49.3 Å². The summed E-state index contributed by atoms with van der Waals surface area (Å²) < 4.78 is 52.1. The lowest BCUT2D eigenvalue weighted by molar-refractivity contribution is -0.190. The molecule has 0 radical (unpaired) electrons. The highest BCUT2D eigenvalue weighted by atomic mass is 31.1. The normalized spacial score (nSPS) is 18.5. The number of fused-ring (bicyclic) bond motifs is 1. The molecule has 16 heteroatoms. The minimum atomic E-state index is -3.28. The van der Waals surface area contributed by atoms with Crippen molar-refractivity contribution >= 4 is 39.4 Å². The number of H-pyrrole nitrogens is 1. The number of ether oxygens (including phenoxy) is 4. The number of rotatable bonds is 16. The van der Waals surface area contributed by atoms with Crippen molar-refractivity contribution in [2.75, 3.05) is 26.1 Å². The molecule has 7 rings (SSSR count). The molecular weight excluding hydrogens is 814 g/mol. The van der Waals surface area contributed by atoms with Crippen molar-refractivity contribution in [3.05, 3.63) is 155 Å². The topological polar surface area (TPSA) is 171 Å². The van der Waals surface area contributed by atoms with E-state index in [9.17, 15) is 14.3 Å². The van der Waals surface area contributed by atoms with Crippen LogP contribution in [0.5, 0.6) is 11.5 Å². The standard InChI is InChI=1S/C45H50N5O9PSi/c1-29(30-15-11-9-12-16-30)47-43-48-40-37(41(51)49-43)46-28-50(40)42-39(59-61(7,8)44(2,3)4)38(36(57-42)27-56-60(52)53)58-45(31-17-13-10-14-18-31,32-19-23-34(54-5)24-20-32)33-21-25-35(55-6)26-22-33/h9-26,28,36,38-39,42H,1,27H2,2-8H3,(H2,47,48,49,51)/t36-,38?,39+,42-/m1/s1. The molecule has 2 unspecified atom stereocenters. The molecule has 5 atom stereocenters. The molecule has 318 valence electrons. The molecule has 14 nitrogen and oxygen atoms in total. The van der Waals surface area contributed by atoms with Gasteiger partial charge in [-0.1, -0.05) is 112 Å². The number of methoxy groups -OCH3 is 2. The Hall–Kier alpha value is -5.51. The Labute approximate surface area is 356 Å². The van der Waals surface area contributed by atoms with Gasteiger partial charge in [0.2, 0.25) is 5.95 Å². The molecule has 0 aliphatic carbocycles. The van der Waals surface area contributed by atoms with E-state index in [1.54, 1.807) is 18.8 Å². The number of aromatic amines is 1. The van der Waals surface area contributed by atoms with E-state index in [1.807, 2.05) is 109 Å². The third-order valence-corrected chi connectivity index (χ3v) is 16.3. The second-order valence-electron chi connectivity index (χ2n) is 16.2. The lowest BCUT2D eigenvalue weighted by Crippen LogP contribution is -2.52. The fourth-order valence-corrected chi connectivity index (χ4v) is 8.80. The molecule has 2 aromatic heterocycles. The van der Waals surface area contributed by atoms with Crippen LogP contribution in [0.25, 0.3) is 16.9 Å². The van der Waals surface area contributed by atoms with Gasteiger partial charge in [0, 0.05) is 5.70 Å². The first-order chi connectivity index (χ1) is 29.1. The average molecular weight is 864 g/mol. The van der Waals surface area contributed by atoms with Crippen molar-refractivity contribution in [2.24, 2.45) is 0 Å². The lowest BCUT2D eigenvalue weighted by atomic mass is 9.79. The summed E-state index contributed by atoms with van der Waals surface area (Å²) in [7, 11) is -2.81.